The van der Waals surface area contributed by atoms with Gasteiger partial charge in [0.2, 0.25) is 0 Å². The van der Waals surface area contributed by atoms with Crippen LogP contribution in [0.5, 0.6) is 0 Å². The van der Waals surface area contributed by atoms with Gasteiger partial charge >= 0.3 is 0 Å². The predicted octanol–water partition coefficient (Wildman–Crippen LogP) is 4.30. The number of hydrogen-bond acceptors (Lipinski definition) is 4. The molecule has 156 valence electrons. The van der Waals surface area contributed by atoms with Gasteiger partial charge in [-0.15, -0.1) is 0 Å². The summed E-state index contributed by atoms with van der Waals surface area (Å²) in [6, 6.07) is 19.0. The second-order valence-electron chi connectivity index (χ2n) is 8.85. The van der Waals surface area contributed by atoms with Gasteiger partial charge in [0.25, 0.3) is 0 Å². The zero-order valence-corrected chi connectivity index (χ0v) is 17.5. The zero-order valence-electron chi connectivity index (χ0n) is 17.5. The largest absolute Gasteiger partial charge is 0.390 e. The Balaban J connectivity index is 1.32. The van der Waals surface area contributed by atoms with Crippen LogP contribution < -0.4 is 4.90 Å². The van der Waals surface area contributed by atoms with E-state index in [9.17, 15) is 10.2 Å². The molecule has 4 nitrogen and oxygen atoms in total. The maximum atomic E-state index is 11.0. The Morgan fingerprint density at radius 1 is 0.862 bits per heavy atom. The van der Waals surface area contributed by atoms with Crippen LogP contribution in [-0.2, 0) is 0 Å². The Morgan fingerprint density at radius 3 is 2.10 bits per heavy atom. The van der Waals surface area contributed by atoms with Crippen molar-refractivity contribution in [1.29, 1.82) is 0 Å². The minimum Gasteiger partial charge on any atom is -0.390 e. The van der Waals surface area contributed by atoms with Crippen LogP contribution in [0, 0.1) is 0 Å². The summed E-state index contributed by atoms with van der Waals surface area (Å²) < 4.78 is 0. The van der Waals surface area contributed by atoms with Gasteiger partial charge in [-0.25, -0.2) is 0 Å². The van der Waals surface area contributed by atoms with Gasteiger partial charge in [0.1, 0.15) is 0 Å². The fraction of sp³-hybridized carbons (Fsp3) is 0.520. The SMILES string of the molecule is CC(c1ccc(N2CCCC2)cc1)N1CCC(O)(CC(O)c2ccccc2)CC1. The standard InChI is InChI=1S/C25H34N2O2/c1-20(21-9-11-23(12-10-21)27-15-5-6-16-27)26-17-13-25(29,14-18-26)19-24(28)22-7-3-2-4-8-22/h2-4,7-12,20,24,28-29H,5-6,13-19H2,1H3. The third kappa shape index (κ3) is 4.82. The Kier molecular flexibility index (Phi) is 6.23. The number of benzene rings is 2. The molecule has 4 rings (SSSR count). The first kappa shape index (κ1) is 20.4. The lowest BCUT2D eigenvalue weighted by molar-refractivity contribution is -0.0612. The molecule has 0 amide bonds. The summed E-state index contributed by atoms with van der Waals surface area (Å²) in [5.41, 5.74) is 2.77. The summed E-state index contributed by atoms with van der Waals surface area (Å²) in [5, 5.41) is 21.6. The van der Waals surface area contributed by atoms with Crippen LogP contribution in [0.25, 0.3) is 0 Å². The Morgan fingerprint density at radius 2 is 1.48 bits per heavy atom. The molecule has 2 aromatic carbocycles. The maximum absolute atomic E-state index is 11.0. The molecule has 0 saturated carbocycles. The van der Waals surface area contributed by atoms with Crippen molar-refractivity contribution in [3.8, 4) is 0 Å². The minimum absolute atomic E-state index is 0.339. The van der Waals surface area contributed by atoms with Crippen molar-refractivity contribution < 1.29 is 10.2 Å². The van der Waals surface area contributed by atoms with Crippen LogP contribution in [0.1, 0.15) is 62.3 Å². The van der Waals surface area contributed by atoms with Gasteiger partial charge in [0, 0.05) is 44.3 Å². The smallest absolute Gasteiger partial charge is 0.0817 e. The summed E-state index contributed by atoms with van der Waals surface area (Å²) >= 11 is 0. The normalized spacial score (nSPS) is 21.8. The number of aliphatic hydroxyl groups excluding tert-OH is 1. The number of hydrogen-bond donors (Lipinski definition) is 2. The summed E-state index contributed by atoms with van der Waals surface area (Å²) in [6.07, 6.45) is 3.80. The second kappa shape index (κ2) is 8.86. The molecule has 0 aromatic heterocycles. The molecule has 2 heterocycles. The number of anilines is 1. The van der Waals surface area contributed by atoms with Gasteiger partial charge in [-0.05, 0) is 55.9 Å². The van der Waals surface area contributed by atoms with Gasteiger partial charge in [-0.2, -0.15) is 0 Å². The molecule has 2 saturated heterocycles. The number of rotatable bonds is 6. The molecule has 2 atom stereocenters. The van der Waals surface area contributed by atoms with Gasteiger partial charge in [0.05, 0.1) is 11.7 Å². The molecule has 2 aromatic rings. The van der Waals surface area contributed by atoms with Crippen LogP contribution in [0.4, 0.5) is 5.69 Å². The van der Waals surface area contributed by atoms with Crippen molar-refractivity contribution in [3.63, 3.8) is 0 Å². The van der Waals surface area contributed by atoms with Crippen molar-refractivity contribution in [2.75, 3.05) is 31.1 Å². The van der Waals surface area contributed by atoms with E-state index in [-0.39, 0.29) is 0 Å². The lowest BCUT2D eigenvalue weighted by Crippen LogP contribution is -2.45. The van der Waals surface area contributed by atoms with E-state index < -0.39 is 11.7 Å². The maximum Gasteiger partial charge on any atom is 0.0817 e. The molecule has 0 radical (unpaired) electrons. The molecule has 2 aliphatic heterocycles. The summed E-state index contributed by atoms with van der Waals surface area (Å²) in [7, 11) is 0. The van der Waals surface area contributed by atoms with E-state index in [1.807, 2.05) is 30.3 Å². The topological polar surface area (TPSA) is 46.9 Å². The summed E-state index contributed by atoms with van der Waals surface area (Å²) in [4.78, 5) is 4.92. The van der Waals surface area contributed by atoms with E-state index in [0.29, 0.717) is 25.3 Å². The molecule has 0 bridgehead atoms. The van der Waals surface area contributed by atoms with Crippen molar-refractivity contribution in [3.05, 3.63) is 65.7 Å². The van der Waals surface area contributed by atoms with E-state index >= 15 is 0 Å². The van der Waals surface area contributed by atoms with E-state index in [1.165, 1.54) is 37.2 Å². The van der Waals surface area contributed by atoms with E-state index in [0.717, 1.165) is 18.7 Å². The lowest BCUT2D eigenvalue weighted by atomic mass is 9.84. The highest BCUT2D eigenvalue weighted by Gasteiger charge is 2.36. The van der Waals surface area contributed by atoms with Gasteiger partial charge < -0.3 is 15.1 Å². The Labute approximate surface area is 174 Å². The van der Waals surface area contributed by atoms with Crippen molar-refractivity contribution in [1.82, 2.24) is 4.90 Å². The van der Waals surface area contributed by atoms with Crippen LogP contribution in [-0.4, -0.2) is 46.9 Å². The highest BCUT2D eigenvalue weighted by Crippen LogP contribution is 2.35. The molecule has 2 N–H and O–H groups in total. The van der Waals surface area contributed by atoms with Crippen molar-refractivity contribution >= 4 is 5.69 Å². The third-order valence-corrected chi connectivity index (χ3v) is 6.88. The van der Waals surface area contributed by atoms with Gasteiger partial charge in [0.15, 0.2) is 0 Å². The van der Waals surface area contributed by atoms with Crippen molar-refractivity contribution in [2.45, 2.75) is 56.8 Å². The van der Waals surface area contributed by atoms with Crippen LogP contribution in [0.15, 0.2) is 54.6 Å². The highest BCUT2D eigenvalue weighted by molar-refractivity contribution is 5.48. The summed E-state index contributed by atoms with van der Waals surface area (Å²) in [5.74, 6) is 0. The minimum atomic E-state index is -0.787. The van der Waals surface area contributed by atoms with E-state index in [1.54, 1.807) is 0 Å². The molecular weight excluding hydrogens is 360 g/mol. The van der Waals surface area contributed by atoms with Gasteiger partial charge in [-0.3, -0.25) is 4.90 Å². The molecular formula is C25H34N2O2. The zero-order chi connectivity index (χ0) is 20.3. The number of nitrogens with zero attached hydrogens (tertiary/aromatic N) is 2. The van der Waals surface area contributed by atoms with Crippen LogP contribution >= 0.6 is 0 Å². The number of aliphatic hydroxyl groups is 2. The molecule has 2 aliphatic rings. The molecule has 0 spiro atoms. The number of likely N-dealkylation sites (tertiary alicyclic amines) is 1. The van der Waals surface area contributed by atoms with Crippen LogP contribution in [0.2, 0.25) is 0 Å². The first-order valence-electron chi connectivity index (χ1n) is 11.1. The Hall–Kier alpha value is -1.88. The first-order chi connectivity index (χ1) is 14.0. The van der Waals surface area contributed by atoms with E-state index in [4.69, 9.17) is 0 Å². The van der Waals surface area contributed by atoms with Gasteiger partial charge in [-0.1, -0.05) is 42.5 Å². The summed E-state index contributed by atoms with van der Waals surface area (Å²) in [6.45, 7) is 6.32. The molecule has 2 unspecified atom stereocenters. The third-order valence-electron chi connectivity index (χ3n) is 6.88. The highest BCUT2D eigenvalue weighted by atomic mass is 16.3. The molecule has 29 heavy (non-hydrogen) atoms. The monoisotopic (exact) mass is 394 g/mol. The average molecular weight is 395 g/mol. The Bertz CT molecular complexity index is 763. The second-order valence-corrected chi connectivity index (χ2v) is 8.85. The van der Waals surface area contributed by atoms with E-state index in [2.05, 4.69) is 41.0 Å². The van der Waals surface area contributed by atoms with Crippen LogP contribution in [0.3, 0.4) is 0 Å². The fourth-order valence-corrected chi connectivity index (χ4v) is 4.83. The molecule has 2 fully saturated rings. The fourth-order valence-electron chi connectivity index (χ4n) is 4.83. The number of piperidine rings is 1. The molecule has 4 heteroatoms. The molecule has 0 aliphatic carbocycles. The quantitative estimate of drug-likeness (QED) is 0.767. The van der Waals surface area contributed by atoms with Crippen molar-refractivity contribution in [2.24, 2.45) is 0 Å². The predicted molar refractivity (Wildman–Crippen MR) is 118 cm³/mol. The average Bonchev–Trinajstić information content (AvgIpc) is 3.29. The first-order valence-corrected chi connectivity index (χ1v) is 11.1. The lowest BCUT2D eigenvalue weighted by Gasteiger charge is -2.41.